The van der Waals surface area contributed by atoms with Gasteiger partial charge in [0.15, 0.2) is 11.4 Å². The van der Waals surface area contributed by atoms with Gasteiger partial charge in [0.25, 0.3) is 5.91 Å². The Morgan fingerprint density at radius 2 is 1.77 bits per heavy atom. The summed E-state index contributed by atoms with van der Waals surface area (Å²) in [5.41, 5.74) is 8.50. The Labute approximate surface area is 229 Å². The molecule has 4 rings (SSSR count). The zero-order chi connectivity index (χ0) is 30.5. The largest absolute Gasteiger partial charge is 0.510 e. The molecular weight excluding hydrogens is 552 g/mol. The van der Waals surface area contributed by atoms with E-state index in [-0.39, 0.29) is 29.7 Å². The first kappa shape index (κ1) is 30.8. The normalized spacial score (nSPS) is 26.0. The standard InChI is InChI=1S/C24H30N4O7.H2O4S/c1-4-5-27-13-8-12(25)18(29)15-10(13)6-9-7-11-17(28(2)3)20(31)16(23(26)34)22(33)24(11,35)21(32)14(9)19(15)30;1-5(2,3)4/h8-9,11,17,27,29,31-32,35H,4-7,25H2,1-3H3,(H2,26,34);(H2,1,2,3,4)/t9?,11?,17-,24-;/m0./s1. The molecule has 0 aromatic heterocycles. The van der Waals surface area contributed by atoms with Crippen molar-refractivity contribution < 1.29 is 52.3 Å². The van der Waals surface area contributed by atoms with Crippen molar-refractivity contribution in [3.8, 4) is 5.75 Å². The summed E-state index contributed by atoms with van der Waals surface area (Å²) in [6, 6.07) is 0.517. The second-order valence-corrected chi connectivity index (χ2v) is 10.9. The zero-order valence-corrected chi connectivity index (χ0v) is 22.7. The third-order valence-electron chi connectivity index (χ3n) is 7.32. The van der Waals surface area contributed by atoms with E-state index in [1.165, 1.54) is 4.90 Å². The Morgan fingerprint density at radius 1 is 1.20 bits per heavy atom. The summed E-state index contributed by atoms with van der Waals surface area (Å²) in [6.45, 7) is 2.56. The second kappa shape index (κ2) is 10.7. The summed E-state index contributed by atoms with van der Waals surface area (Å²) in [6.07, 6.45) is 1.03. The average Bonchev–Trinajstić information content (AvgIpc) is 2.81. The number of primary amides is 1. The molecule has 11 N–H and O–H groups in total. The molecule has 16 heteroatoms. The monoisotopic (exact) mass is 584 g/mol. The first-order chi connectivity index (χ1) is 18.4. The second-order valence-electron chi connectivity index (χ2n) is 10.1. The minimum atomic E-state index is -4.67. The van der Waals surface area contributed by atoms with Crippen LogP contribution in [0.2, 0.25) is 0 Å². The quantitative estimate of drug-likeness (QED) is 0.0717. The van der Waals surface area contributed by atoms with E-state index in [0.717, 1.165) is 6.42 Å². The maximum absolute atomic E-state index is 13.6. The van der Waals surface area contributed by atoms with Gasteiger partial charge in [0.1, 0.15) is 22.8 Å². The number of fused-ring (bicyclic) bond motifs is 3. The average molecular weight is 585 g/mol. The number of carbonyl (C=O) groups is 3. The number of benzene rings is 1. The summed E-state index contributed by atoms with van der Waals surface area (Å²) in [5.74, 6) is -6.94. The number of nitrogen functional groups attached to an aromatic ring is 1. The zero-order valence-electron chi connectivity index (χ0n) is 21.9. The van der Waals surface area contributed by atoms with Gasteiger partial charge >= 0.3 is 10.4 Å². The van der Waals surface area contributed by atoms with Crippen molar-refractivity contribution in [2.45, 2.75) is 37.8 Å². The predicted molar refractivity (Wildman–Crippen MR) is 141 cm³/mol. The maximum atomic E-state index is 13.6. The molecule has 0 heterocycles. The molecular formula is C24H32N4O11S. The van der Waals surface area contributed by atoms with Crippen molar-refractivity contribution in [2.24, 2.45) is 17.6 Å². The smallest absolute Gasteiger partial charge is 0.394 e. The molecule has 0 radical (unpaired) electrons. The number of nitrogens with zero attached hydrogens (tertiary/aromatic N) is 1. The van der Waals surface area contributed by atoms with Crippen LogP contribution in [0.15, 0.2) is 28.7 Å². The SMILES string of the molecule is CCCNc1cc(N)c(O)c2c1CC1CC3[C@H](N(C)C)C(O)=C(C(N)=O)C(=O)[C@@]3(O)C(O)=C1C2=O.O=S(=O)(O)O. The highest BCUT2D eigenvalue weighted by molar-refractivity contribution is 7.79. The van der Waals surface area contributed by atoms with E-state index in [1.54, 1.807) is 20.2 Å². The molecule has 0 aliphatic heterocycles. The van der Waals surface area contributed by atoms with Gasteiger partial charge in [-0.25, -0.2) is 0 Å². The molecule has 3 aliphatic carbocycles. The number of likely N-dealkylation sites (N-methyl/N-ethyl adjacent to an activating group) is 1. The number of Topliss-reactive ketones (excluding diaryl/α,β-unsaturated/α-hetero) is 2. The third-order valence-corrected chi connectivity index (χ3v) is 7.32. The fourth-order valence-corrected chi connectivity index (χ4v) is 5.76. The van der Waals surface area contributed by atoms with E-state index in [1.807, 2.05) is 6.92 Å². The Kier molecular flexibility index (Phi) is 8.25. The van der Waals surface area contributed by atoms with Crippen LogP contribution in [0.4, 0.5) is 11.4 Å². The number of aliphatic hydroxyl groups is 3. The van der Waals surface area contributed by atoms with Crippen molar-refractivity contribution >= 4 is 39.2 Å². The molecule has 220 valence electrons. The van der Waals surface area contributed by atoms with Crippen LogP contribution in [0.3, 0.4) is 0 Å². The first-order valence-corrected chi connectivity index (χ1v) is 13.5. The highest BCUT2D eigenvalue weighted by atomic mass is 32.3. The van der Waals surface area contributed by atoms with Crippen LogP contribution in [-0.4, -0.2) is 92.6 Å². The highest BCUT2D eigenvalue weighted by Crippen LogP contribution is 2.53. The molecule has 0 saturated carbocycles. The van der Waals surface area contributed by atoms with Crippen molar-refractivity contribution in [2.75, 3.05) is 31.7 Å². The number of ketones is 2. The fourth-order valence-electron chi connectivity index (χ4n) is 5.76. The molecule has 0 fully saturated rings. The maximum Gasteiger partial charge on any atom is 0.394 e. The van der Waals surface area contributed by atoms with Crippen LogP contribution < -0.4 is 16.8 Å². The van der Waals surface area contributed by atoms with Gasteiger partial charge in [-0.15, -0.1) is 0 Å². The van der Waals surface area contributed by atoms with E-state index in [0.29, 0.717) is 17.8 Å². The number of phenolic OH excluding ortho intramolecular Hbond substituents is 1. The first-order valence-electron chi connectivity index (χ1n) is 12.1. The van der Waals surface area contributed by atoms with Crippen molar-refractivity contribution in [1.82, 2.24) is 4.90 Å². The number of nitrogens with one attached hydrogen (secondary N) is 1. The van der Waals surface area contributed by atoms with Crippen LogP contribution >= 0.6 is 0 Å². The van der Waals surface area contributed by atoms with Gasteiger partial charge in [0.2, 0.25) is 5.78 Å². The number of rotatable bonds is 5. The number of aromatic hydroxyl groups is 1. The number of carbonyl (C=O) groups excluding carboxylic acids is 3. The number of phenols is 1. The topological polar surface area (TPSA) is 274 Å². The lowest BCUT2D eigenvalue weighted by Crippen LogP contribution is -2.63. The number of anilines is 2. The summed E-state index contributed by atoms with van der Waals surface area (Å²) < 4.78 is 31.6. The number of nitrogens with two attached hydrogens (primary N) is 2. The van der Waals surface area contributed by atoms with Crippen LogP contribution in [-0.2, 0) is 26.4 Å². The Bertz CT molecular complexity index is 1440. The molecule has 15 nitrogen and oxygen atoms in total. The molecule has 2 unspecified atom stereocenters. The number of hydrogen-bond acceptors (Lipinski definition) is 12. The van der Waals surface area contributed by atoms with Gasteiger partial charge < -0.3 is 37.2 Å². The molecule has 1 aromatic carbocycles. The summed E-state index contributed by atoms with van der Waals surface area (Å²) >= 11 is 0. The lowest BCUT2D eigenvalue weighted by molar-refractivity contribution is -0.148. The van der Waals surface area contributed by atoms with E-state index in [2.05, 4.69) is 5.32 Å². The molecule has 1 aromatic rings. The molecule has 0 spiro atoms. The molecule has 40 heavy (non-hydrogen) atoms. The lowest BCUT2D eigenvalue weighted by Gasteiger charge is -2.50. The van der Waals surface area contributed by atoms with E-state index >= 15 is 0 Å². The van der Waals surface area contributed by atoms with E-state index in [4.69, 9.17) is 29.0 Å². The Morgan fingerprint density at radius 3 is 2.27 bits per heavy atom. The van der Waals surface area contributed by atoms with Crippen LogP contribution in [0.1, 0.15) is 35.7 Å². The Balaban J connectivity index is 0.000000810. The van der Waals surface area contributed by atoms with Gasteiger partial charge in [0.05, 0.1) is 17.3 Å². The van der Waals surface area contributed by atoms with Crippen LogP contribution in [0.25, 0.3) is 0 Å². The summed E-state index contributed by atoms with van der Waals surface area (Å²) in [5, 5.41) is 47.5. The minimum Gasteiger partial charge on any atom is -0.510 e. The van der Waals surface area contributed by atoms with Crippen LogP contribution in [0, 0.1) is 11.8 Å². The van der Waals surface area contributed by atoms with Gasteiger partial charge in [-0.3, -0.25) is 28.4 Å². The lowest BCUT2D eigenvalue weighted by atomic mass is 9.58. The molecule has 1 amide bonds. The van der Waals surface area contributed by atoms with Gasteiger partial charge in [-0.2, -0.15) is 8.42 Å². The highest BCUT2D eigenvalue weighted by Gasteiger charge is 2.63. The fraction of sp³-hybridized carbons (Fsp3) is 0.458. The third kappa shape index (κ3) is 5.11. The van der Waals surface area contributed by atoms with Crippen molar-refractivity contribution in [1.29, 1.82) is 0 Å². The number of aliphatic hydroxyl groups excluding tert-OH is 2. The number of allylic oxidation sites excluding steroid dienone is 1. The van der Waals surface area contributed by atoms with Gasteiger partial charge in [-0.05, 0) is 50.9 Å². The summed E-state index contributed by atoms with van der Waals surface area (Å²) in [4.78, 5) is 40.4. The minimum absolute atomic E-state index is 0.0319. The van der Waals surface area contributed by atoms with E-state index < -0.39 is 74.2 Å². The predicted octanol–water partition coefficient (Wildman–Crippen LogP) is -0.128. The van der Waals surface area contributed by atoms with Gasteiger partial charge in [-0.1, -0.05) is 6.92 Å². The molecule has 0 bridgehead atoms. The van der Waals surface area contributed by atoms with Crippen molar-refractivity contribution in [3.05, 3.63) is 39.9 Å². The van der Waals surface area contributed by atoms with Crippen LogP contribution in [0.5, 0.6) is 5.75 Å². The van der Waals surface area contributed by atoms with E-state index in [9.17, 15) is 34.8 Å². The molecule has 0 saturated heterocycles. The number of amides is 1. The summed E-state index contributed by atoms with van der Waals surface area (Å²) in [7, 11) is -1.50. The van der Waals surface area contributed by atoms with Gasteiger partial charge in [0, 0.05) is 23.7 Å². The van der Waals surface area contributed by atoms with Crippen molar-refractivity contribution in [3.63, 3.8) is 0 Å². The molecule has 4 atom stereocenters. The molecule has 3 aliphatic rings. The Hall–Kier alpha value is -3.70. The number of hydrogen-bond donors (Lipinski definition) is 9.